The molecular formula is C22H19N3O6S. The topological polar surface area (TPSA) is 117 Å². The number of nitrogens with zero attached hydrogens (tertiary/aromatic N) is 3. The molecule has 0 saturated heterocycles. The monoisotopic (exact) mass is 453 g/mol. The summed E-state index contributed by atoms with van der Waals surface area (Å²) in [6, 6.07) is 8.50. The summed E-state index contributed by atoms with van der Waals surface area (Å²) in [4.78, 5) is 41.9. The lowest BCUT2D eigenvalue weighted by Gasteiger charge is -2.24. The van der Waals surface area contributed by atoms with Crippen molar-refractivity contribution >= 4 is 29.1 Å². The maximum Gasteiger partial charge on any atom is 0.338 e. The van der Waals surface area contributed by atoms with E-state index in [1.807, 2.05) is 0 Å². The van der Waals surface area contributed by atoms with Crippen LogP contribution in [0.15, 0.2) is 61.9 Å². The third-order valence-electron chi connectivity index (χ3n) is 4.95. The van der Waals surface area contributed by atoms with Crippen LogP contribution in [-0.4, -0.2) is 22.1 Å². The summed E-state index contributed by atoms with van der Waals surface area (Å²) >= 11 is 1.15. The molecule has 0 bridgehead atoms. The number of furan rings is 1. The Morgan fingerprint density at radius 1 is 1.34 bits per heavy atom. The van der Waals surface area contributed by atoms with Gasteiger partial charge in [-0.1, -0.05) is 23.5 Å². The Balaban J connectivity index is 1.98. The average molecular weight is 453 g/mol. The van der Waals surface area contributed by atoms with Crippen molar-refractivity contribution in [2.24, 2.45) is 4.99 Å². The summed E-state index contributed by atoms with van der Waals surface area (Å²) in [6.45, 7) is 5.27. The molecule has 1 aliphatic rings. The number of non-ortho nitro benzene ring substituents is 1. The Morgan fingerprint density at radius 3 is 2.78 bits per heavy atom. The van der Waals surface area contributed by atoms with Crippen molar-refractivity contribution in [3.63, 3.8) is 0 Å². The second kappa shape index (κ2) is 8.39. The second-order valence-corrected chi connectivity index (χ2v) is 8.11. The van der Waals surface area contributed by atoms with Crippen LogP contribution in [0.1, 0.15) is 37.0 Å². The van der Waals surface area contributed by atoms with Gasteiger partial charge >= 0.3 is 5.97 Å². The number of nitro benzene ring substituents is 1. The van der Waals surface area contributed by atoms with Crippen LogP contribution in [0, 0.1) is 17.0 Å². The minimum Gasteiger partial charge on any atom is -0.463 e. The van der Waals surface area contributed by atoms with Crippen LogP contribution in [0.4, 0.5) is 5.69 Å². The van der Waals surface area contributed by atoms with Gasteiger partial charge in [-0.25, -0.2) is 9.79 Å². The molecule has 0 spiro atoms. The molecule has 1 aromatic carbocycles. The summed E-state index contributed by atoms with van der Waals surface area (Å²) in [6.07, 6.45) is 1.62. The largest absolute Gasteiger partial charge is 0.463 e. The Bertz CT molecular complexity index is 1440. The smallest absolute Gasteiger partial charge is 0.338 e. The zero-order valence-electron chi connectivity index (χ0n) is 17.5. The minimum absolute atomic E-state index is 0.138. The SMILES string of the molecule is CCOC(=O)C1=C(C)N=c2s/c(=C/c3ccc(C)o3)c(=O)n2C1c1cccc([N+](=O)[O-])c1. The Hall–Kier alpha value is -3.79. The Morgan fingerprint density at radius 2 is 2.12 bits per heavy atom. The lowest BCUT2D eigenvalue weighted by molar-refractivity contribution is -0.384. The molecule has 4 rings (SSSR count). The van der Waals surface area contributed by atoms with E-state index >= 15 is 0 Å². The zero-order valence-corrected chi connectivity index (χ0v) is 18.3. The van der Waals surface area contributed by atoms with Crippen molar-refractivity contribution in [2.45, 2.75) is 26.8 Å². The molecule has 3 aromatic rings. The van der Waals surface area contributed by atoms with E-state index in [1.165, 1.54) is 22.8 Å². The van der Waals surface area contributed by atoms with Gasteiger partial charge in [-0.15, -0.1) is 0 Å². The van der Waals surface area contributed by atoms with Crippen LogP contribution >= 0.6 is 11.3 Å². The van der Waals surface area contributed by atoms with Gasteiger partial charge in [0.25, 0.3) is 11.2 Å². The number of carbonyl (C=O) groups is 1. The number of carbonyl (C=O) groups excluding carboxylic acids is 1. The van der Waals surface area contributed by atoms with E-state index in [9.17, 15) is 19.7 Å². The number of hydrogen-bond acceptors (Lipinski definition) is 8. The standard InChI is InChI=1S/C22H19N3O6S/c1-4-30-21(27)18-13(3)23-22-24(19(18)14-6-5-7-15(10-14)25(28)29)20(26)17(32-22)11-16-9-8-12(2)31-16/h5-11,19H,4H2,1-3H3/b17-11+. The number of ether oxygens (including phenoxy) is 1. The highest BCUT2D eigenvalue weighted by molar-refractivity contribution is 7.07. The van der Waals surface area contributed by atoms with Crippen molar-refractivity contribution in [1.29, 1.82) is 0 Å². The quantitative estimate of drug-likeness (QED) is 0.333. The fourth-order valence-electron chi connectivity index (χ4n) is 3.58. The van der Waals surface area contributed by atoms with E-state index in [0.717, 1.165) is 11.3 Å². The van der Waals surface area contributed by atoms with E-state index in [0.29, 0.717) is 32.1 Å². The number of aromatic nitrogens is 1. The first-order valence-corrected chi connectivity index (χ1v) is 10.6. The third-order valence-corrected chi connectivity index (χ3v) is 5.93. The molecule has 164 valence electrons. The molecular weight excluding hydrogens is 434 g/mol. The van der Waals surface area contributed by atoms with Crippen molar-refractivity contribution < 1.29 is 18.9 Å². The number of rotatable bonds is 5. The summed E-state index contributed by atoms with van der Waals surface area (Å²) < 4.78 is 12.5. The first-order chi connectivity index (χ1) is 15.3. The fourth-order valence-corrected chi connectivity index (χ4v) is 4.60. The van der Waals surface area contributed by atoms with Crippen molar-refractivity contribution in [1.82, 2.24) is 4.57 Å². The van der Waals surface area contributed by atoms with Gasteiger partial charge in [0, 0.05) is 18.2 Å². The highest BCUT2D eigenvalue weighted by atomic mass is 32.1. The number of benzene rings is 1. The number of fused-ring (bicyclic) bond motifs is 1. The normalized spacial score (nSPS) is 16.0. The van der Waals surface area contributed by atoms with Gasteiger partial charge < -0.3 is 9.15 Å². The van der Waals surface area contributed by atoms with Gasteiger partial charge in [-0.2, -0.15) is 0 Å². The van der Waals surface area contributed by atoms with Crippen molar-refractivity contribution in [3.05, 3.63) is 94.6 Å². The van der Waals surface area contributed by atoms with Crippen molar-refractivity contribution in [2.75, 3.05) is 6.61 Å². The molecule has 1 unspecified atom stereocenters. The van der Waals surface area contributed by atoms with Crippen molar-refractivity contribution in [3.8, 4) is 0 Å². The molecule has 0 N–H and O–H groups in total. The van der Waals surface area contributed by atoms with Gasteiger partial charge in [0.2, 0.25) is 0 Å². The summed E-state index contributed by atoms with van der Waals surface area (Å²) in [5.41, 5.74) is 0.446. The predicted molar refractivity (Wildman–Crippen MR) is 117 cm³/mol. The van der Waals surface area contributed by atoms with Gasteiger partial charge in [-0.3, -0.25) is 19.5 Å². The number of thiazole rings is 1. The van der Waals surface area contributed by atoms with E-state index in [-0.39, 0.29) is 23.4 Å². The summed E-state index contributed by atoms with van der Waals surface area (Å²) in [5.74, 6) is 0.598. The predicted octanol–water partition coefficient (Wildman–Crippen LogP) is 2.61. The molecule has 9 nitrogen and oxygen atoms in total. The van der Waals surface area contributed by atoms with E-state index in [1.54, 1.807) is 45.0 Å². The molecule has 3 heterocycles. The maximum absolute atomic E-state index is 13.4. The molecule has 10 heteroatoms. The van der Waals surface area contributed by atoms with Crippen LogP contribution in [-0.2, 0) is 9.53 Å². The molecule has 0 fully saturated rings. The van der Waals surface area contributed by atoms with Gasteiger partial charge in [0.05, 0.1) is 33.4 Å². The van der Waals surface area contributed by atoms with E-state index in [2.05, 4.69) is 4.99 Å². The first kappa shape index (κ1) is 21.4. The highest BCUT2D eigenvalue weighted by Gasteiger charge is 2.34. The minimum atomic E-state index is -0.911. The zero-order chi connectivity index (χ0) is 23.0. The number of aryl methyl sites for hydroxylation is 1. The number of esters is 1. The number of allylic oxidation sites excluding steroid dienone is 1. The molecule has 1 aliphatic heterocycles. The molecule has 0 radical (unpaired) electrons. The van der Waals surface area contributed by atoms with E-state index in [4.69, 9.17) is 9.15 Å². The highest BCUT2D eigenvalue weighted by Crippen LogP contribution is 2.32. The van der Waals surface area contributed by atoms with Gasteiger partial charge in [0.1, 0.15) is 11.5 Å². The molecule has 0 saturated carbocycles. The van der Waals surface area contributed by atoms with E-state index < -0.39 is 16.9 Å². The summed E-state index contributed by atoms with van der Waals surface area (Å²) in [5, 5.41) is 11.3. The van der Waals surface area contributed by atoms with Crippen LogP contribution in [0.3, 0.4) is 0 Å². The van der Waals surface area contributed by atoms with Crippen LogP contribution in [0.5, 0.6) is 0 Å². The Labute approximate surface area is 185 Å². The maximum atomic E-state index is 13.4. The van der Waals surface area contributed by atoms with Crippen LogP contribution in [0.25, 0.3) is 6.08 Å². The Kier molecular flexibility index (Phi) is 5.62. The molecule has 2 aromatic heterocycles. The van der Waals surface area contributed by atoms with Gasteiger partial charge in [0.15, 0.2) is 4.80 Å². The number of hydrogen-bond donors (Lipinski definition) is 0. The average Bonchev–Trinajstić information content (AvgIpc) is 3.30. The molecule has 0 amide bonds. The molecule has 0 aliphatic carbocycles. The lowest BCUT2D eigenvalue weighted by Crippen LogP contribution is -2.39. The molecule has 32 heavy (non-hydrogen) atoms. The first-order valence-electron chi connectivity index (χ1n) is 9.80. The third kappa shape index (κ3) is 3.80. The molecule has 1 atom stereocenters. The van der Waals surface area contributed by atoms with Crippen LogP contribution < -0.4 is 14.9 Å². The number of nitro groups is 1. The van der Waals surface area contributed by atoms with Gasteiger partial charge in [-0.05, 0) is 38.5 Å². The fraction of sp³-hybridized carbons (Fsp3) is 0.227. The second-order valence-electron chi connectivity index (χ2n) is 7.10. The summed E-state index contributed by atoms with van der Waals surface area (Å²) in [7, 11) is 0. The van der Waals surface area contributed by atoms with Crippen LogP contribution in [0.2, 0.25) is 0 Å². The lowest BCUT2D eigenvalue weighted by atomic mass is 9.95.